The molecule has 1 unspecified atom stereocenters. The van der Waals surface area contributed by atoms with Crippen molar-refractivity contribution in [1.82, 2.24) is 0 Å². The zero-order chi connectivity index (χ0) is 12.1. The van der Waals surface area contributed by atoms with Crippen LogP contribution in [0.15, 0.2) is 0 Å². The molecule has 1 heterocycles. The minimum Gasteiger partial charge on any atom is -0.394 e. The first-order valence-corrected chi connectivity index (χ1v) is 4.70. The van der Waals surface area contributed by atoms with E-state index in [-0.39, 0.29) is 0 Å². The Morgan fingerprint density at radius 3 is 1.93 bits per heavy atom. The van der Waals surface area contributed by atoms with Crippen molar-refractivity contribution in [1.29, 1.82) is 0 Å². The van der Waals surface area contributed by atoms with Gasteiger partial charge in [-0.2, -0.15) is 0 Å². The van der Waals surface area contributed by atoms with Gasteiger partial charge in [0.1, 0.15) is 22.9 Å². The maximum atomic E-state index is 10.1. The molecule has 1 aliphatic rings. The Morgan fingerprint density at radius 2 is 1.53 bits per heavy atom. The minimum absolute atomic E-state index is 0.573. The molecule has 6 nitrogen and oxygen atoms in total. The topological polar surface area (TPSA) is 110 Å². The summed E-state index contributed by atoms with van der Waals surface area (Å²) in [6.07, 6.45) is -2.84. The standard InChI is InChI=1S/C9H18O6/c1-7(12)5(4-10)15-6(11)8(2,13)9(7,3)14/h5-6,10-14H,4H2,1-3H3/t5-,6?,7+,8+,9+/m1/s1. The SMILES string of the molecule is C[C@@]1(O)[C@@](C)(O)C(O)O[C@H](CO)[C@]1(C)O. The second kappa shape index (κ2) is 3.38. The zero-order valence-corrected chi connectivity index (χ0v) is 9.01. The van der Waals surface area contributed by atoms with Crippen molar-refractivity contribution in [3.63, 3.8) is 0 Å². The van der Waals surface area contributed by atoms with E-state index in [0.29, 0.717) is 0 Å². The van der Waals surface area contributed by atoms with Crippen LogP contribution in [0.2, 0.25) is 0 Å². The summed E-state index contributed by atoms with van der Waals surface area (Å²) < 4.78 is 4.85. The van der Waals surface area contributed by atoms with Crippen molar-refractivity contribution in [2.24, 2.45) is 0 Å². The zero-order valence-electron chi connectivity index (χ0n) is 9.01. The number of hydrogen-bond acceptors (Lipinski definition) is 6. The van der Waals surface area contributed by atoms with E-state index in [0.717, 1.165) is 6.92 Å². The van der Waals surface area contributed by atoms with Gasteiger partial charge >= 0.3 is 0 Å². The number of ether oxygens (including phenoxy) is 1. The maximum Gasteiger partial charge on any atom is 0.187 e. The maximum absolute atomic E-state index is 10.1. The summed E-state index contributed by atoms with van der Waals surface area (Å²) in [4.78, 5) is 0. The van der Waals surface area contributed by atoms with Crippen LogP contribution in [-0.4, -0.2) is 61.3 Å². The fourth-order valence-electron chi connectivity index (χ4n) is 1.71. The first-order chi connectivity index (χ1) is 6.59. The molecule has 90 valence electrons. The Morgan fingerprint density at radius 1 is 1.07 bits per heavy atom. The fourth-order valence-corrected chi connectivity index (χ4v) is 1.71. The molecule has 1 saturated heterocycles. The third-order valence-corrected chi connectivity index (χ3v) is 3.54. The molecular formula is C9H18O6. The summed E-state index contributed by atoms with van der Waals surface area (Å²) in [7, 11) is 0. The van der Waals surface area contributed by atoms with E-state index in [4.69, 9.17) is 9.84 Å². The number of aliphatic hydroxyl groups excluding tert-OH is 2. The molecule has 0 radical (unpaired) electrons. The van der Waals surface area contributed by atoms with E-state index in [9.17, 15) is 20.4 Å². The molecule has 0 aromatic heterocycles. The Kier molecular flexibility index (Phi) is 2.89. The molecule has 5 N–H and O–H groups in total. The third-order valence-electron chi connectivity index (χ3n) is 3.54. The number of aliphatic hydroxyl groups is 5. The Bertz CT molecular complexity index is 247. The van der Waals surface area contributed by atoms with E-state index in [1.165, 1.54) is 13.8 Å². The second-order valence-electron chi connectivity index (χ2n) is 4.53. The van der Waals surface area contributed by atoms with Crippen LogP contribution in [-0.2, 0) is 4.74 Å². The quantitative estimate of drug-likeness (QED) is 0.349. The van der Waals surface area contributed by atoms with E-state index in [1.807, 2.05) is 0 Å². The average Bonchev–Trinajstić information content (AvgIpc) is 2.10. The molecule has 0 saturated carbocycles. The molecule has 0 bridgehead atoms. The van der Waals surface area contributed by atoms with E-state index in [1.54, 1.807) is 0 Å². The van der Waals surface area contributed by atoms with Crippen molar-refractivity contribution in [3.05, 3.63) is 0 Å². The monoisotopic (exact) mass is 222 g/mol. The summed E-state index contributed by atoms with van der Waals surface area (Å²) in [6, 6.07) is 0. The van der Waals surface area contributed by atoms with E-state index < -0.39 is 35.8 Å². The highest BCUT2D eigenvalue weighted by Crippen LogP contribution is 2.43. The van der Waals surface area contributed by atoms with Crippen LogP contribution in [0.4, 0.5) is 0 Å². The van der Waals surface area contributed by atoms with Crippen LogP contribution in [0.1, 0.15) is 20.8 Å². The second-order valence-corrected chi connectivity index (χ2v) is 4.53. The lowest BCUT2D eigenvalue weighted by atomic mass is 9.68. The molecule has 0 aliphatic carbocycles. The van der Waals surface area contributed by atoms with Gasteiger partial charge in [0.25, 0.3) is 0 Å². The minimum atomic E-state index is -2.03. The van der Waals surface area contributed by atoms with Gasteiger partial charge in [-0.1, -0.05) is 0 Å². The van der Waals surface area contributed by atoms with Gasteiger partial charge in [-0.15, -0.1) is 0 Å². The molecule has 0 aromatic rings. The van der Waals surface area contributed by atoms with Crippen LogP contribution < -0.4 is 0 Å². The summed E-state index contributed by atoms with van der Waals surface area (Å²) in [5.74, 6) is 0. The van der Waals surface area contributed by atoms with Crippen LogP contribution in [0.25, 0.3) is 0 Å². The highest BCUT2D eigenvalue weighted by molar-refractivity contribution is 5.13. The Balaban J connectivity index is 3.16. The Labute approximate surface area is 87.7 Å². The molecule has 1 fully saturated rings. The first-order valence-electron chi connectivity index (χ1n) is 4.70. The molecular weight excluding hydrogens is 204 g/mol. The highest BCUT2D eigenvalue weighted by Gasteiger charge is 2.65. The fraction of sp³-hybridized carbons (Fsp3) is 1.00. The average molecular weight is 222 g/mol. The van der Waals surface area contributed by atoms with Crippen molar-refractivity contribution in [2.75, 3.05) is 6.61 Å². The smallest absolute Gasteiger partial charge is 0.187 e. The van der Waals surface area contributed by atoms with Crippen molar-refractivity contribution < 1.29 is 30.3 Å². The van der Waals surface area contributed by atoms with Gasteiger partial charge in [0, 0.05) is 0 Å². The Hall–Kier alpha value is -0.240. The van der Waals surface area contributed by atoms with Gasteiger partial charge in [-0.05, 0) is 20.8 Å². The molecule has 0 amide bonds. The molecule has 6 heteroatoms. The van der Waals surface area contributed by atoms with Gasteiger partial charge < -0.3 is 30.3 Å². The molecule has 1 rings (SSSR count). The number of hydrogen-bond donors (Lipinski definition) is 5. The predicted molar refractivity (Wildman–Crippen MR) is 49.8 cm³/mol. The van der Waals surface area contributed by atoms with E-state index in [2.05, 4.69) is 0 Å². The van der Waals surface area contributed by atoms with Gasteiger partial charge in [0.2, 0.25) is 0 Å². The molecule has 0 aromatic carbocycles. The van der Waals surface area contributed by atoms with Crippen LogP contribution >= 0.6 is 0 Å². The lowest BCUT2D eigenvalue weighted by molar-refractivity contribution is -0.382. The van der Waals surface area contributed by atoms with Gasteiger partial charge in [0.05, 0.1) is 6.61 Å². The van der Waals surface area contributed by atoms with Crippen molar-refractivity contribution in [3.8, 4) is 0 Å². The van der Waals surface area contributed by atoms with Gasteiger partial charge in [0.15, 0.2) is 6.29 Å². The third kappa shape index (κ3) is 1.49. The van der Waals surface area contributed by atoms with Gasteiger partial charge in [-0.3, -0.25) is 0 Å². The van der Waals surface area contributed by atoms with Crippen molar-refractivity contribution in [2.45, 2.75) is 50.0 Å². The lowest BCUT2D eigenvalue weighted by Gasteiger charge is -2.56. The normalized spacial score (nSPS) is 56.8. The highest BCUT2D eigenvalue weighted by atomic mass is 16.6. The van der Waals surface area contributed by atoms with Crippen molar-refractivity contribution >= 4 is 0 Å². The first kappa shape index (κ1) is 12.8. The lowest BCUT2D eigenvalue weighted by Crippen LogP contribution is -2.77. The molecule has 15 heavy (non-hydrogen) atoms. The predicted octanol–water partition coefficient (Wildman–Crippen LogP) is -2.05. The summed E-state index contributed by atoms with van der Waals surface area (Å²) >= 11 is 0. The largest absolute Gasteiger partial charge is 0.394 e. The van der Waals surface area contributed by atoms with Crippen LogP contribution in [0.5, 0.6) is 0 Å². The molecule has 1 aliphatic heterocycles. The summed E-state index contributed by atoms with van der Waals surface area (Å²) in [6.45, 7) is 2.99. The number of rotatable bonds is 1. The van der Waals surface area contributed by atoms with Gasteiger partial charge in [-0.25, -0.2) is 0 Å². The summed E-state index contributed by atoms with van der Waals surface area (Å²) in [5.41, 5.74) is -5.91. The van der Waals surface area contributed by atoms with E-state index >= 15 is 0 Å². The molecule has 5 atom stereocenters. The van der Waals surface area contributed by atoms with Crippen LogP contribution in [0.3, 0.4) is 0 Å². The van der Waals surface area contributed by atoms with Crippen LogP contribution in [0, 0.1) is 0 Å². The molecule has 0 spiro atoms. The summed E-state index contributed by atoms with van der Waals surface area (Å²) in [5, 5.41) is 48.3.